The van der Waals surface area contributed by atoms with Crippen LogP contribution in [0.1, 0.15) is 33.3 Å². The van der Waals surface area contributed by atoms with Gasteiger partial charge < -0.3 is 19.5 Å². The Morgan fingerprint density at radius 2 is 2.19 bits per heavy atom. The van der Waals surface area contributed by atoms with Crippen LogP contribution in [0, 0.1) is 0 Å². The quantitative estimate of drug-likeness (QED) is 0.907. The summed E-state index contributed by atoms with van der Waals surface area (Å²) in [5.74, 6) is 1.24. The molecule has 1 heterocycles. The van der Waals surface area contributed by atoms with Crippen molar-refractivity contribution in [3.8, 4) is 11.5 Å². The van der Waals surface area contributed by atoms with Gasteiger partial charge in [-0.25, -0.2) is 0 Å². The first-order chi connectivity index (χ1) is 9.87. The molecule has 0 saturated heterocycles. The van der Waals surface area contributed by atoms with E-state index in [9.17, 15) is 4.79 Å². The Morgan fingerprint density at radius 1 is 1.48 bits per heavy atom. The number of nitrogens with one attached hydrogen (secondary N) is 1. The number of amides is 1. The zero-order valence-corrected chi connectivity index (χ0v) is 13.3. The maximum absolute atomic E-state index is 12.3. The lowest BCUT2D eigenvalue weighted by molar-refractivity contribution is -0.133. The molecule has 0 saturated carbocycles. The number of ether oxygens (including phenoxy) is 3. The fourth-order valence-corrected chi connectivity index (χ4v) is 2.18. The smallest absolute Gasteiger partial charge is 0.256 e. The van der Waals surface area contributed by atoms with E-state index >= 15 is 0 Å². The van der Waals surface area contributed by atoms with Crippen LogP contribution in [0.25, 0.3) is 0 Å². The lowest BCUT2D eigenvalue weighted by atomic mass is 10.1. The van der Waals surface area contributed by atoms with E-state index in [1.54, 1.807) is 13.8 Å². The number of rotatable bonds is 5. The minimum atomic E-state index is -0.906. The lowest BCUT2D eigenvalue weighted by Gasteiger charge is -2.23. The van der Waals surface area contributed by atoms with Crippen molar-refractivity contribution in [3.05, 3.63) is 17.7 Å². The van der Waals surface area contributed by atoms with Gasteiger partial charge in [0.15, 0.2) is 0 Å². The summed E-state index contributed by atoms with van der Waals surface area (Å²) in [6.07, 6.45) is 1.00. The van der Waals surface area contributed by atoms with Crippen molar-refractivity contribution < 1.29 is 19.0 Å². The Bertz CT molecular complexity index is 539. The maximum Gasteiger partial charge on any atom is 0.256 e. The molecule has 116 valence electrons. The van der Waals surface area contributed by atoms with Crippen LogP contribution >= 0.6 is 0 Å². The van der Waals surface area contributed by atoms with Crippen molar-refractivity contribution in [1.29, 1.82) is 0 Å². The van der Waals surface area contributed by atoms with E-state index in [0.29, 0.717) is 18.0 Å². The number of hydrogen-bond acceptors (Lipinski definition) is 4. The average Bonchev–Trinajstić information content (AvgIpc) is 2.78. The highest BCUT2D eigenvalue weighted by molar-refractivity contribution is 5.98. The first kappa shape index (κ1) is 15.6. The fraction of sp³-hybridized carbons (Fsp3) is 0.562. The summed E-state index contributed by atoms with van der Waals surface area (Å²) in [5, 5.41) is 2.86. The monoisotopic (exact) mass is 293 g/mol. The molecule has 1 atom stereocenters. The van der Waals surface area contributed by atoms with Crippen molar-refractivity contribution in [3.63, 3.8) is 0 Å². The molecule has 1 aromatic rings. The molecule has 1 amide bonds. The van der Waals surface area contributed by atoms with Gasteiger partial charge >= 0.3 is 0 Å². The minimum absolute atomic E-state index is 0.149. The Labute approximate surface area is 125 Å². The van der Waals surface area contributed by atoms with Crippen molar-refractivity contribution in [2.24, 2.45) is 0 Å². The molecule has 1 N–H and O–H groups in total. The van der Waals surface area contributed by atoms with Crippen LogP contribution in [-0.2, 0) is 16.0 Å². The highest BCUT2D eigenvalue weighted by Crippen LogP contribution is 2.38. The first-order valence-electron chi connectivity index (χ1n) is 7.20. The summed E-state index contributed by atoms with van der Waals surface area (Å²) in [4.78, 5) is 12.3. The van der Waals surface area contributed by atoms with Gasteiger partial charge in [-0.2, -0.15) is 0 Å². The van der Waals surface area contributed by atoms with Crippen LogP contribution in [0.5, 0.6) is 11.5 Å². The molecule has 1 aromatic carbocycles. The van der Waals surface area contributed by atoms with Gasteiger partial charge in [-0.1, -0.05) is 0 Å². The molecule has 0 bridgehead atoms. The zero-order chi connectivity index (χ0) is 15.6. The largest absolute Gasteiger partial charge is 0.492 e. The second-order valence-corrected chi connectivity index (χ2v) is 5.69. The highest BCUT2D eigenvalue weighted by atomic mass is 16.5. The van der Waals surface area contributed by atoms with E-state index in [4.69, 9.17) is 14.2 Å². The Balaban J connectivity index is 2.30. The van der Waals surface area contributed by atoms with Crippen molar-refractivity contribution in [2.45, 2.75) is 45.8 Å². The molecule has 0 aromatic heterocycles. The summed E-state index contributed by atoms with van der Waals surface area (Å²) >= 11 is 0. The van der Waals surface area contributed by atoms with Crippen LogP contribution in [0.15, 0.2) is 12.1 Å². The number of carbonyl (C=O) groups excluding carboxylic acids is 1. The summed E-state index contributed by atoms with van der Waals surface area (Å²) in [5.41, 5.74) is 0.811. The van der Waals surface area contributed by atoms with E-state index < -0.39 is 5.60 Å². The Hall–Kier alpha value is -1.75. The molecule has 1 aliphatic heterocycles. The van der Waals surface area contributed by atoms with Gasteiger partial charge in [0.25, 0.3) is 5.91 Å². The number of methoxy groups -OCH3 is 1. The average molecular weight is 293 g/mol. The van der Waals surface area contributed by atoms with Gasteiger partial charge in [-0.3, -0.25) is 4.79 Å². The van der Waals surface area contributed by atoms with E-state index in [-0.39, 0.29) is 12.0 Å². The molecule has 5 heteroatoms. The molecule has 1 aliphatic rings. The Kier molecular flexibility index (Phi) is 4.42. The first-order valence-corrected chi connectivity index (χ1v) is 7.20. The normalized spacial score (nSPS) is 17.1. The van der Waals surface area contributed by atoms with Gasteiger partial charge in [0.1, 0.15) is 23.2 Å². The number of benzene rings is 1. The molecular formula is C16H23NO4. The molecule has 0 aliphatic carbocycles. The second-order valence-electron chi connectivity index (χ2n) is 5.69. The maximum atomic E-state index is 12.3. The van der Waals surface area contributed by atoms with E-state index in [1.807, 2.05) is 26.0 Å². The van der Waals surface area contributed by atoms with Crippen LogP contribution in [0.2, 0.25) is 0 Å². The number of anilines is 1. The molecule has 21 heavy (non-hydrogen) atoms. The third kappa shape index (κ3) is 3.29. The highest BCUT2D eigenvalue weighted by Gasteiger charge is 2.29. The molecule has 2 rings (SSSR count). The van der Waals surface area contributed by atoms with Crippen molar-refractivity contribution >= 4 is 11.6 Å². The predicted octanol–water partition coefficient (Wildman–Crippen LogP) is 2.77. The predicted molar refractivity (Wildman–Crippen MR) is 81.1 cm³/mol. The molecule has 0 spiro atoms. The van der Waals surface area contributed by atoms with Gasteiger partial charge in [0.05, 0.1) is 12.3 Å². The topological polar surface area (TPSA) is 56.8 Å². The summed E-state index contributed by atoms with van der Waals surface area (Å²) < 4.78 is 16.6. The van der Waals surface area contributed by atoms with Crippen LogP contribution in [-0.4, -0.2) is 31.3 Å². The molecule has 0 radical (unpaired) electrons. The van der Waals surface area contributed by atoms with Gasteiger partial charge in [-0.05, 0) is 33.8 Å². The fourth-order valence-electron chi connectivity index (χ4n) is 2.18. The summed E-state index contributed by atoms with van der Waals surface area (Å²) in [7, 11) is 1.51. The molecule has 0 fully saturated rings. The zero-order valence-electron chi connectivity index (χ0n) is 13.3. The number of fused-ring (bicyclic) bond motifs is 1. The van der Waals surface area contributed by atoms with Gasteiger partial charge in [0.2, 0.25) is 0 Å². The van der Waals surface area contributed by atoms with Crippen LogP contribution in [0.3, 0.4) is 0 Å². The van der Waals surface area contributed by atoms with Gasteiger partial charge in [-0.15, -0.1) is 0 Å². The third-order valence-electron chi connectivity index (χ3n) is 3.60. The molecule has 1 unspecified atom stereocenters. The molecule has 5 nitrogen and oxygen atoms in total. The van der Waals surface area contributed by atoms with Crippen molar-refractivity contribution in [2.75, 3.05) is 19.0 Å². The minimum Gasteiger partial charge on any atom is -0.492 e. The SMILES string of the molecule is CCOc1cc2c(cc1NC(=O)C(C)(C)OC)OC(C)C2. The lowest BCUT2D eigenvalue weighted by Crippen LogP contribution is -2.38. The van der Waals surface area contributed by atoms with Crippen LogP contribution < -0.4 is 14.8 Å². The van der Waals surface area contributed by atoms with E-state index in [2.05, 4.69) is 5.32 Å². The van der Waals surface area contributed by atoms with Crippen molar-refractivity contribution in [1.82, 2.24) is 0 Å². The summed E-state index contributed by atoms with van der Waals surface area (Å²) in [6, 6.07) is 3.77. The third-order valence-corrected chi connectivity index (χ3v) is 3.60. The molecular weight excluding hydrogens is 270 g/mol. The number of hydrogen-bond donors (Lipinski definition) is 1. The summed E-state index contributed by atoms with van der Waals surface area (Å²) in [6.45, 7) is 7.90. The van der Waals surface area contributed by atoms with Crippen LogP contribution in [0.4, 0.5) is 5.69 Å². The van der Waals surface area contributed by atoms with Gasteiger partial charge in [0, 0.05) is 25.2 Å². The van der Waals surface area contributed by atoms with E-state index in [0.717, 1.165) is 17.7 Å². The Morgan fingerprint density at radius 3 is 2.81 bits per heavy atom. The standard InChI is InChI=1S/C16H23NO4/c1-6-20-14-8-11-7-10(2)21-13(11)9-12(14)17-15(18)16(3,4)19-5/h8-10H,6-7H2,1-5H3,(H,17,18). The number of carbonyl (C=O) groups is 1. The van der Waals surface area contributed by atoms with E-state index in [1.165, 1.54) is 7.11 Å². The second kappa shape index (κ2) is 5.93.